The van der Waals surface area contributed by atoms with E-state index in [1.165, 1.54) is 0 Å². The van der Waals surface area contributed by atoms with Crippen LogP contribution in [0.15, 0.2) is 12.1 Å². The number of nitrogens with zero attached hydrogens (tertiary/aromatic N) is 3. The van der Waals surface area contributed by atoms with E-state index in [0.29, 0.717) is 24.7 Å². The predicted octanol–water partition coefficient (Wildman–Crippen LogP) is 3.54. The van der Waals surface area contributed by atoms with E-state index in [9.17, 15) is 0 Å². The smallest absolute Gasteiger partial charge is 0.224 e. The molecule has 0 aliphatic heterocycles. The largest absolute Gasteiger partial charge is 0.490 e. The van der Waals surface area contributed by atoms with Gasteiger partial charge >= 0.3 is 0 Å². The van der Waals surface area contributed by atoms with E-state index in [1.54, 1.807) is 0 Å². The third-order valence-corrected chi connectivity index (χ3v) is 3.32. The summed E-state index contributed by atoms with van der Waals surface area (Å²) in [7, 11) is 1.97. The lowest BCUT2D eigenvalue weighted by atomic mass is 10.2. The number of benzene rings is 1. The van der Waals surface area contributed by atoms with Gasteiger partial charge in [0.15, 0.2) is 11.5 Å². The molecule has 0 aliphatic rings. The molecule has 1 heterocycles. The fourth-order valence-corrected chi connectivity index (χ4v) is 2.24. The molecule has 0 bridgehead atoms. The first-order valence-corrected chi connectivity index (χ1v) is 7.46. The van der Waals surface area contributed by atoms with Crippen molar-refractivity contribution in [1.29, 1.82) is 0 Å². The minimum Gasteiger partial charge on any atom is -0.490 e. The Morgan fingerprint density at radius 1 is 1.05 bits per heavy atom. The van der Waals surface area contributed by atoms with Crippen molar-refractivity contribution in [3.05, 3.63) is 17.4 Å². The van der Waals surface area contributed by atoms with Crippen molar-refractivity contribution in [3.8, 4) is 11.5 Å². The summed E-state index contributed by atoms with van der Waals surface area (Å²) in [5, 5.41) is 1.13. The van der Waals surface area contributed by atoms with Gasteiger partial charge in [-0.1, -0.05) is 0 Å². The van der Waals surface area contributed by atoms with Crippen LogP contribution in [0.5, 0.6) is 11.5 Å². The van der Waals surface area contributed by atoms with E-state index in [2.05, 4.69) is 16.9 Å². The molecule has 21 heavy (non-hydrogen) atoms. The minimum atomic E-state index is 0.226. The Kier molecular flexibility index (Phi) is 5.07. The summed E-state index contributed by atoms with van der Waals surface area (Å²) < 4.78 is 11.3. The third-order valence-electron chi connectivity index (χ3n) is 3.15. The summed E-state index contributed by atoms with van der Waals surface area (Å²) in [6, 6.07) is 3.77. The molecule has 0 radical (unpaired) electrons. The normalized spacial score (nSPS) is 10.7. The number of aromatic nitrogens is 2. The lowest BCUT2D eigenvalue weighted by Gasteiger charge is -2.19. The Morgan fingerprint density at radius 2 is 1.67 bits per heavy atom. The molecule has 0 fully saturated rings. The lowest BCUT2D eigenvalue weighted by Crippen LogP contribution is -2.18. The third kappa shape index (κ3) is 3.29. The SMILES string of the molecule is CCOc1cc2nc(Cl)nc(N(C)CC)c2cc1OCC. The molecule has 6 heteroatoms. The number of anilines is 1. The molecule has 1 aromatic heterocycles. The summed E-state index contributed by atoms with van der Waals surface area (Å²) in [6.45, 7) is 7.88. The Morgan fingerprint density at radius 3 is 2.24 bits per heavy atom. The van der Waals surface area contributed by atoms with Gasteiger partial charge in [-0.05, 0) is 38.4 Å². The second-order valence-corrected chi connectivity index (χ2v) is 4.85. The maximum absolute atomic E-state index is 6.03. The summed E-state index contributed by atoms with van der Waals surface area (Å²) >= 11 is 6.03. The van der Waals surface area contributed by atoms with Gasteiger partial charge in [0.25, 0.3) is 0 Å². The highest BCUT2D eigenvalue weighted by atomic mass is 35.5. The van der Waals surface area contributed by atoms with E-state index in [1.807, 2.05) is 37.9 Å². The number of rotatable bonds is 6. The minimum absolute atomic E-state index is 0.226. The van der Waals surface area contributed by atoms with Crippen LogP contribution in [0.2, 0.25) is 5.28 Å². The molecule has 5 nitrogen and oxygen atoms in total. The Labute approximate surface area is 129 Å². The van der Waals surface area contributed by atoms with Crippen LogP contribution < -0.4 is 14.4 Å². The zero-order valence-electron chi connectivity index (χ0n) is 12.8. The molecule has 0 saturated heterocycles. The standard InChI is InChI=1S/C15H20ClN3O2/c1-5-19(4)14-10-8-12(20-6-2)13(21-7-3)9-11(10)17-15(16)18-14/h8-9H,5-7H2,1-4H3. The van der Waals surface area contributed by atoms with Crippen LogP contribution >= 0.6 is 11.6 Å². The maximum atomic E-state index is 6.03. The van der Waals surface area contributed by atoms with Gasteiger partial charge in [0.05, 0.1) is 18.7 Å². The molecule has 0 spiro atoms. The topological polar surface area (TPSA) is 47.5 Å². The van der Waals surface area contributed by atoms with Crippen molar-refractivity contribution >= 4 is 28.3 Å². The first-order valence-electron chi connectivity index (χ1n) is 7.08. The Balaban J connectivity index is 2.67. The van der Waals surface area contributed by atoms with Gasteiger partial charge in [0.2, 0.25) is 5.28 Å². The first-order chi connectivity index (χ1) is 10.1. The van der Waals surface area contributed by atoms with Crippen molar-refractivity contribution in [2.75, 3.05) is 31.7 Å². The fourth-order valence-electron chi connectivity index (χ4n) is 2.07. The van der Waals surface area contributed by atoms with Crippen molar-refractivity contribution in [2.24, 2.45) is 0 Å². The van der Waals surface area contributed by atoms with Gasteiger partial charge in [0.1, 0.15) is 5.82 Å². The number of hydrogen-bond acceptors (Lipinski definition) is 5. The Hall–Kier alpha value is -1.75. The molecule has 0 N–H and O–H groups in total. The van der Waals surface area contributed by atoms with E-state index < -0.39 is 0 Å². The highest BCUT2D eigenvalue weighted by Crippen LogP contribution is 2.35. The molecule has 0 atom stereocenters. The highest BCUT2D eigenvalue weighted by Gasteiger charge is 2.15. The first kappa shape index (κ1) is 15.6. The zero-order valence-corrected chi connectivity index (χ0v) is 13.6. The van der Waals surface area contributed by atoms with Crippen LogP contribution in [-0.4, -0.2) is 36.8 Å². The van der Waals surface area contributed by atoms with Gasteiger partial charge < -0.3 is 14.4 Å². The maximum Gasteiger partial charge on any atom is 0.224 e. The molecular weight excluding hydrogens is 290 g/mol. The van der Waals surface area contributed by atoms with Crippen molar-refractivity contribution < 1.29 is 9.47 Å². The lowest BCUT2D eigenvalue weighted by molar-refractivity contribution is 0.288. The van der Waals surface area contributed by atoms with Crippen LogP contribution in [0.4, 0.5) is 5.82 Å². The van der Waals surface area contributed by atoms with Crippen molar-refractivity contribution in [2.45, 2.75) is 20.8 Å². The molecular formula is C15H20ClN3O2. The number of fused-ring (bicyclic) bond motifs is 1. The highest BCUT2D eigenvalue weighted by molar-refractivity contribution is 6.28. The quantitative estimate of drug-likeness (QED) is 0.764. The number of ether oxygens (including phenoxy) is 2. The van der Waals surface area contributed by atoms with Gasteiger partial charge in [-0.3, -0.25) is 0 Å². The zero-order chi connectivity index (χ0) is 15.4. The van der Waals surface area contributed by atoms with E-state index in [-0.39, 0.29) is 5.28 Å². The van der Waals surface area contributed by atoms with Gasteiger partial charge in [-0.2, -0.15) is 4.98 Å². The Bertz CT molecular complexity index is 634. The van der Waals surface area contributed by atoms with Crippen molar-refractivity contribution in [3.63, 3.8) is 0 Å². The second kappa shape index (κ2) is 6.80. The summed E-state index contributed by atoms with van der Waals surface area (Å²) in [6.07, 6.45) is 0. The van der Waals surface area contributed by atoms with Crippen LogP contribution in [0, 0.1) is 0 Å². The molecule has 114 valence electrons. The average molecular weight is 310 g/mol. The van der Waals surface area contributed by atoms with Crippen LogP contribution in [0.3, 0.4) is 0 Å². The molecule has 1 aromatic carbocycles. The van der Waals surface area contributed by atoms with Gasteiger partial charge in [-0.25, -0.2) is 4.98 Å². The summed E-state index contributed by atoms with van der Waals surface area (Å²) in [5.41, 5.74) is 0.747. The van der Waals surface area contributed by atoms with Crippen LogP contribution in [0.1, 0.15) is 20.8 Å². The molecule has 2 aromatic rings. The molecule has 0 unspecified atom stereocenters. The molecule has 0 amide bonds. The molecule has 0 aliphatic carbocycles. The fraction of sp³-hybridized carbons (Fsp3) is 0.467. The van der Waals surface area contributed by atoms with Crippen molar-refractivity contribution in [1.82, 2.24) is 9.97 Å². The van der Waals surface area contributed by atoms with E-state index in [0.717, 1.165) is 23.3 Å². The molecule has 0 saturated carbocycles. The van der Waals surface area contributed by atoms with Crippen LogP contribution in [0.25, 0.3) is 10.9 Å². The van der Waals surface area contributed by atoms with E-state index >= 15 is 0 Å². The second-order valence-electron chi connectivity index (χ2n) is 4.51. The number of hydrogen-bond donors (Lipinski definition) is 0. The predicted molar refractivity (Wildman–Crippen MR) is 85.8 cm³/mol. The van der Waals surface area contributed by atoms with Crippen LogP contribution in [-0.2, 0) is 0 Å². The summed E-state index contributed by atoms with van der Waals surface area (Å²) in [4.78, 5) is 10.6. The van der Waals surface area contributed by atoms with Gasteiger partial charge in [-0.15, -0.1) is 0 Å². The monoisotopic (exact) mass is 309 g/mol. The summed E-state index contributed by atoms with van der Waals surface area (Å²) in [5.74, 6) is 2.16. The van der Waals surface area contributed by atoms with Gasteiger partial charge in [0, 0.05) is 25.0 Å². The number of halogens is 1. The van der Waals surface area contributed by atoms with E-state index in [4.69, 9.17) is 21.1 Å². The molecule has 2 rings (SSSR count). The average Bonchev–Trinajstić information content (AvgIpc) is 2.47.